The van der Waals surface area contributed by atoms with Gasteiger partial charge in [-0.3, -0.25) is 10.1 Å². The minimum absolute atomic E-state index is 0.0155. The van der Waals surface area contributed by atoms with Crippen molar-refractivity contribution in [2.75, 3.05) is 5.32 Å². The molecule has 2 heterocycles. The largest absolute Gasteiger partial charge is 0.443 e. The monoisotopic (exact) mass is 256 g/mol. The summed E-state index contributed by atoms with van der Waals surface area (Å²) in [5, 5.41) is 13.7. The molecule has 0 radical (unpaired) electrons. The SMILES string of the molecule is O=[N+]([O-])c1ccnc(Nc2ccc3ncoc3c2)c1. The minimum Gasteiger partial charge on any atom is -0.443 e. The van der Waals surface area contributed by atoms with Crippen molar-refractivity contribution in [2.45, 2.75) is 0 Å². The Morgan fingerprint density at radius 3 is 2.95 bits per heavy atom. The average molecular weight is 256 g/mol. The number of hydrogen-bond donors (Lipinski definition) is 1. The predicted molar refractivity (Wildman–Crippen MR) is 68.2 cm³/mol. The number of anilines is 2. The van der Waals surface area contributed by atoms with E-state index in [4.69, 9.17) is 4.42 Å². The smallest absolute Gasteiger partial charge is 0.274 e. The van der Waals surface area contributed by atoms with Crippen LogP contribution in [-0.2, 0) is 0 Å². The van der Waals surface area contributed by atoms with Gasteiger partial charge in [-0.15, -0.1) is 0 Å². The number of nitrogens with one attached hydrogen (secondary N) is 1. The summed E-state index contributed by atoms with van der Waals surface area (Å²) >= 11 is 0. The Hall–Kier alpha value is -2.96. The number of oxazole rings is 1. The lowest BCUT2D eigenvalue weighted by Gasteiger charge is -2.04. The second-order valence-corrected chi connectivity index (χ2v) is 3.82. The van der Waals surface area contributed by atoms with E-state index in [-0.39, 0.29) is 5.69 Å². The molecule has 0 saturated carbocycles. The molecule has 3 rings (SSSR count). The number of aromatic nitrogens is 2. The van der Waals surface area contributed by atoms with Crippen LogP contribution in [0, 0.1) is 10.1 Å². The van der Waals surface area contributed by atoms with Crippen LogP contribution in [0.2, 0.25) is 0 Å². The average Bonchev–Trinajstić information content (AvgIpc) is 2.86. The van der Waals surface area contributed by atoms with E-state index in [2.05, 4.69) is 15.3 Å². The Labute approximate surface area is 107 Å². The normalized spacial score (nSPS) is 10.5. The summed E-state index contributed by atoms with van der Waals surface area (Å²) in [6, 6.07) is 8.04. The van der Waals surface area contributed by atoms with Gasteiger partial charge in [0.1, 0.15) is 11.3 Å². The Morgan fingerprint density at radius 1 is 1.21 bits per heavy atom. The van der Waals surface area contributed by atoms with Crippen LogP contribution in [0.15, 0.2) is 47.3 Å². The molecule has 0 aliphatic heterocycles. The van der Waals surface area contributed by atoms with Gasteiger partial charge in [-0.2, -0.15) is 0 Å². The molecule has 7 nitrogen and oxygen atoms in total. The van der Waals surface area contributed by atoms with Crippen LogP contribution in [0.4, 0.5) is 17.2 Å². The van der Waals surface area contributed by atoms with Crippen molar-refractivity contribution in [3.63, 3.8) is 0 Å². The van der Waals surface area contributed by atoms with Crippen molar-refractivity contribution in [1.82, 2.24) is 9.97 Å². The fraction of sp³-hybridized carbons (Fsp3) is 0. The molecule has 0 atom stereocenters. The lowest BCUT2D eigenvalue weighted by atomic mass is 10.3. The van der Waals surface area contributed by atoms with Crippen LogP contribution in [-0.4, -0.2) is 14.9 Å². The van der Waals surface area contributed by atoms with Crippen molar-refractivity contribution in [3.8, 4) is 0 Å². The van der Waals surface area contributed by atoms with Crippen molar-refractivity contribution < 1.29 is 9.34 Å². The van der Waals surface area contributed by atoms with Crippen LogP contribution in [0.3, 0.4) is 0 Å². The number of fused-ring (bicyclic) bond motifs is 1. The van der Waals surface area contributed by atoms with E-state index >= 15 is 0 Å². The summed E-state index contributed by atoms with van der Waals surface area (Å²) < 4.78 is 5.18. The molecule has 0 unspecified atom stereocenters. The van der Waals surface area contributed by atoms with Crippen LogP contribution >= 0.6 is 0 Å². The molecular weight excluding hydrogens is 248 g/mol. The lowest BCUT2D eigenvalue weighted by molar-refractivity contribution is -0.384. The first-order valence-corrected chi connectivity index (χ1v) is 5.43. The van der Waals surface area contributed by atoms with E-state index in [1.165, 1.54) is 24.7 Å². The Kier molecular flexibility index (Phi) is 2.57. The highest BCUT2D eigenvalue weighted by molar-refractivity contribution is 5.78. The zero-order valence-electron chi connectivity index (χ0n) is 9.61. The van der Waals surface area contributed by atoms with Gasteiger partial charge in [0.2, 0.25) is 0 Å². The van der Waals surface area contributed by atoms with Crippen molar-refractivity contribution in [3.05, 3.63) is 53.0 Å². The molecule has 3 aromatic rings. The molecule has 0 amide bonds. The van der Waals surface area contributed by atoms with E-state index in [0.29, 0.717) is 11.4 Å². The van der Waals surface area contributed by atoms with Gasteiger partial charge in [0.05, 0.1) is 11.0 Å². The number of nitro groups is 1. The quantitative estimate of drug-likeness (QED) is 0.572. The van der Waals surface area contributed by atoms with E-state index in [9.17, 15) is 10.1 Å². The van der Waals surface area contributed by atoms with Crippen LogP contribution in [0.1, 0.15) is 0 Å². The van der Waals surface area contributed by atoms with Crippen molar-refractivity contribution in [2.24, 2.45) is 0 Å². The molecule has 0 aliphatic rings. The van der Waals surface area contributed by atoms with E-state index < -0.39 is 4.92 Å². The van der Waals surface area contributed by atoms with Gasteiger partial charge in [0, 0.05) is 24.0 Å². The third-order valence-electron chi connectivity index (χ3n) is 2.56. The highest BCUT2D eigenvalue weighted by atomic mass is 16.6. The number of benzene rings is 1. The number of pyridine rings is 1. The summed E-state index contributed by atoms with van der Waals surface area (Å²) in [5.41, 5.74) is 2.09. The van der Waals surface area contributed by atoms with Crippen LogP contribution < -0.4 is 5.32 Å². The Bertz CT molecular complexity index is 753. The maximum atomic E-state index is 10.7. The molecule has 0 saturated heterocycles. The molecule has 0 aliphatic carbocycles. The standard InChI is InChI=1S/C12H8N4O3/c17-16(18)9-3-4-13-12(6-9)15-8-1-2-10-11(5-8)19-7-14-10/h1-7H,(H,13,15). The number of hydrogen-bond acceptors (Lipinski definition) is 6. The molecular formula is C12H8N4O3. The summed E-state index contributed by atoms with van der Waals surface area (Å²) in [6.07, 6.45) is 2.74. The summed E-state index contributed by atoms with van der Waals surface area (Å²) in [4.78, 5) is 18.2. The molecule has 7 heteroatoms. The maximum Gasteiger partial charge on any atom is 0.274 e. The van der Waals surface area contributed by atoms with Gasteiger partial charge in [0.25, 0.3) is 5.69 Å². The molecule has 0 bridgehead atoms. The zero-order valence-corrected chi connectivity index (χ0v) is 9.61. The molecule has 0 fully saturated rings. The first-order valence-electron chi connectivity index (χ1n) is 5.43. The first kappa shape index (κ1) is 11.1. The van der Waals surface area contributed by atoms with Gasteiger partial charge in [-0.1, -0.05) is 0 Å². The molecule has 94 valence electrons. The van der Waals surface area contributed by atoms with Crippen molar-refractivity contribution in [1.29, 1.82) is 0 Å². The summed E-state index contributed by atoms with van der Waals surface area (Å²) in [6.45, 7) is 0. The highest BCUT2D eigenvalue weighted by Crippen LogP contribution is 2.22. The summed E-state index contributed by atoms with van der Waals surface area (Å²) in [5.74, 6) is 0.396. The number of nitrogens with zero attached hydrogens (tertiary/aromatic N) is 3. The van der Waals surface area contributed by atoms with Crippen LogP contribution in [0.5, 0.6) is 0 Å². The Morgan fingerprint density at radius 2 is 2.11 bits per heavy atom. The zero-order chi connectivity index (χ0) is 13.2. The molecule has 2 aromatic heterocycles. The molecule has 1 aromatic carbocycles. The molecule has 19 heavy (non-hydrogen) atoms. The van der Waals surface area contributed by atoms with Gasteiger partial charge in [-0.05, 0) is 12.1 Å². The van der Waals surface area contributed by atoms with E-state index in [1.807, 2.05) is 0 Å². The second-order valence-electron chi connectivity index (χ2n) is 3.82. The maximum absolute atomic E-state index is 10.7. The first-order chi connectivity index (χ1) is 9.22. The third-order valence-corrected chi connectivity index (χ3v) is 2.56. The second kappa shape index (κ2) is 4.37. The third kappa shape index (κ3) is 2.21. The molecule has 0 spiro atoms. The minimum atomic E-state index is -0.466. The Balaban J connectivity index is 1.91. The van der Waals surface area contributed by atoms with E-state index in [1.54, 1.807) is 18.2 Å². The molecule has 1 N–H and O–H groups in total. The topological polar surface area (TPSA) is 94.1 Å². The highest BCUT2D eigenvalue weighted by Gasteiger charge is 2.07. The fourth-order valence-electron chi connectivity index (χ4n) is 1.68. The van der Waals surface area contributed by atoms with Gasteiger partial charge < -0.3 is 9.73 Å². The predicted octanol–water partition coefficient (Wildman–Crippen LogP) is 2.87. The number of rotatable bonds is 3. The van der Waals surface area contributed by atoms with Crippen LogP contribution in [0.25, 0.3) is 11.1 Å². The van der Waals surface area contributed by atoms with Gasteiger partial charge in [0.15, 0.2) is 12.0 Å². The lowest BCUT2D eigenvalue weighted by Crippen LogP contribution is -1.95. The van der Waals surface area contributed by atoms with Gasteiger partial charge in [-0.25, -0.2) is 9.97 Å². The van der Waals surface area contributed by atoms with Crippen molar-refractivity contribution >= 4 is 28.3 Å². The fourth-order valence-corrected chi connectivity index (χ4v) is 1.68. The van der Waals surface area contributed by atoms with Gasteiger partial charge >= 0.3 is 0 Å². The van der Waals surface area contributed by atoms with E-state index in [0.717, 1.165) is 11.2 Å². The summed E-state index contributed by atoms with van der Waals surface area (Å²) in [7, 11) is 0.